The van der Waals surface area contributed by atoms with Crippen LogP contribution in [0.3, 0.4) is 0 Å². The molecule has 1 radical (unpaired) electrons. The molecule has 0 saturated heterocycles. The predicted molar refractivity (Wildman–Crippen MR) is 41.5 cm³/mol. The van der Waals surface area contributed by atoms with E-state index in [9.17, 15) is 0 Å². The Bertz CT molecular complexity index is 98.7. The van der Waals surface area contributed by atoms with Gasteiger partial charge < -0.3 is 0 Å². The molecule has 0 heterocycles. The van der Waals surface area contributed by atoms with Crippen molar-refractivity contribution in [2.45, 2.75) is 32.6 Å². The van der Waals surface area contributed by atoms with Crippen LogP contribution in [0.15, 0.2) is 0 Å². The molecule has 0 aromatic heterocycles. The van der Waals surface area contributed by atoms with E-state index in [0.717, 1.165) is 11.8 Å². The minimum absolute atomic E-state index is 0.380. The molecule has 0 bridgehead atoms. The van der Waals surface area contributed by atoms with Crippen LogP contribution < -0.4 is 0 Å². The Morgan fingerprint density at radius 2 is 2.11 bits per heavy atom. The van der Waals surface area contributed by atoms with Crippen LogP contribution in [0.4, 0.5) is 0 Å². The monoisotopic (exact) mass is 145 g/mol. The predicted octanol–water partition coefficient (Wildman–Crippen LogP) is 2.86. The van der Waals surface area contributed by atoms with Gasteiger partial charge in [-0.15, -0.1) is 11.6 Å². The number of hydrogen-bond donors (Lipinski definition) is 0. The molecule has 0 aromatic rings. The molecule has 0 amide bonds. The van der Waals surface area contributed by atoms with Crippen molar-refractivity contribution in [2.24, 2.45) is 11.8 Å². The second kappa shape index (κ2) is 2.49. The van der Waals surface area contributed by atoms with E-state index in [4.69, 9.17) is 11.6 Å². The molecule has 0 aromatic carbocycles. The molecule has 0 nitrogen and oxygen atoms in total. The molecule has 0 spiro atoms. The summed E-state index contributed by atoms with van der Waals surface area (Å²) in [4.78, 5) is 0. The van der Waals surface area contributed by atoms with E-state index in [-0.39, 0.29) is 0 Å². The lowest BCUT2D eigenvalue weighted by Crippen LogP contribution is -2.37. The highest BCUT2D eigenvalue weighted by molar-refractivity contribution is 6.22. The first-order valence-electron chi connectivity index (χ1n) is 3.59. The lowest BCUT2D eigenvalue weighted by molar-refractivity contribution is 0.274. The molecule has 1 rings (SSSR count). The maximum absolute atomic E-state index is 6.02. The van der Waals surface area contributed by atoms with Crippen LogP contribution in [0.5, 0.6) is 0 Å². The Morgan fingerprint density at radius 3 is 2.22 bits per heavy atom. The smallest absolute Gasteiger partial charge is 0.0426 e. The van der Waals surface area contributed by atoms with Gasteiger partial charge in [-0.05, 0) is 24.2 Å². The molecule has 1 saturated carbocycles. The summed E-state index contributed by atoms with van der Waals surface area (Å²) in [5.74, 6) is 2.98. The molecule has 1 fully saturated rings. The quantitative estimate of drug-likeness (QED) is 0.498. The molecule has 1 aliphatic rings. The number of hydrogen-bond acceptors (Lipinski definition) is 0. The highest BCUT2D eigenvalue weighted by Gasteiger charge is 2.38. The first kappa shape index (κ1) is 7.40. The van der Waals surface area contributed by atoms with E-state index in [2.05, 4.69) is 20.8 Å². The van der Waals surface area contributed by atoms with Crippen molar-refractivity contribution < 1.29 is 0 Å². The second-order valence-electron chi connectivity index (χ2n) is 3.36. The summed E-state index contributed by atoms with van der Waals surface area (Å²) in [5.41, 5.74) is 0. The maximum Gasteiger partial charge on any atom is 0.0426 e. The van der Waals surface area contributed by atoms with Gasteiger partial charge in [0.25, 0.3) is 0 Å². The summed E-state index contributed by atoms with van der Waals surface area (Å²) < 4.78 is 0. The van der Waals surface area contributed by atoms with Gasteiger partial charge >= 0.3 is 0 Å². The average Bonchev–Trinajstić information content (AvgIpc) is 1.81. The van der Waals surface area contributed by atoms with Gasteiger partial charge in [0.05, 0.1) is 0 Å². The summed E-state index contributed by atoms with van der Waals surface area (Å²) in [6, 6.07) is 0. The lowest BCUT2D eigenvalue weighted by atomic mass is 9.70. The Morgan fingerprint density at radius 1 is 1.56 bits per heavy atom. The Kier molecular flexibility index (Phi) is 2.05. The summed E-state index contributed by atoms with van der Waals surface area (Å²) in [6.07, 6.45) is 1.26. The normalized spacial score (nSPS) is 37.0. The van der Waals surface area contributed by atoms with Crippen LogP contribution in [0.2, 0.25) is 0 Å². The SMILES string of the molecule is C[C]1CC(C(C)C)C1Cl. The number of rotatable bonds is 1. The van der Waals surface area contributed by atoms with Crippen molar-refractivity contribution in [1.29, 1.82) is 0 Å². The fraction of sp³-hybridized carbons (Fsp3) is 0.875. The van der Waals surface area contributed by atoms with Gasteiger partial charge in [-0.25, -0.2) is 0 Å². The molecule has 0 N–H and O–H groups in total. The Hall–Kier alpha value is 0.290. The third kappa shape index (κ3) is 1.24. The van der Waals surface area contributed by atoms with Gasteiger partial charge in [-0.2, -0.15) is 0 Å². The number of halogens is 1. The topological polar surface area (TPSA) is 0 Å². The molecular formula is C8H14Cl. The van der Waals surface area contributed by atoms with Crippen molar-refractivity contribution in [3.05, 3.63) is 5.92 Å². The zero-order valence-corrected chi connectivity index (χ0v) is 7.07. The summed E-state index contributed by atoms with van der Waals surface area (Å²) in [7, 11) is 0. The van der Waals surface area contributed by atoms with Crippen LogP contribution in [0.25, 0.3) is 0 Å². The van der Waals surface area contributed by atoms with Gasteiger partial charge in [0.15, 0.2) is 0 Å². The fourth-order valence-corrected chi connectivity index (χ4v) is 1.84. The molecule has 9 heavy (non-hydrogen) atoms. The van der Waals surface area contributed by atoms with E-state index in [1.807, 2.05) is 0 Å². The molecule has 1 aliphatic carbocycles. The van der Waals surface area contributed by atoms with E-state index < -0.39 is 0 Å². The Balaban J connectivity index is 2.33. The van der Waals surface area contributed by atoms with Gasteiger partial charge in [0.2, 0.25) is 0 Å². The average molecular weight is 146 g/mol. The highest BCUT2D eigenvalue weighted by Crippen LogP contribution is 2.43. The molecule has 53 valence electrons. The molecule has 1 heteroatoms. The van der Waals surface area contributed by atoms with E-state index >= 15 is 0 Å². The largest absolute Gasteiger partial charge is 0.122 e. The lowest BCUT2D eigenvalue weighted by Gasteiger charge is -2.41. The van der Waals surface area contributed by atoms with Crippen LogP contribution in [0.1, 0.15) is 27.2 Å². The molecule has 2 unspecified atom stereocenters. The van der Waals surface area contributed by atoms with Gasteiger partial charge in [0, 0.05) is 5.38 Å². The first-order valence-corrected chi connectivity index (χ1v) is 4.03. The fourth-order valence-electron chi connectivity index (χ4n) is 1.37. The Labute approximate surface area is 62.6 Å². The first-order chi connectivity index (χ1) is 4.13. The van der Waals surface area contributed by atoms with Crippen LogP contribution in [-0.4, -0.2) is 5.38 Å². The second-order valence-corrected chi connectivity index (χ2v) is 3.83. The number of alkyl halides is 1. The van der Waals surface area contributed by atoms with Crippen molar-refractivity contribution in [2.75, 3.05) is 0 Å². The van der Waals surface area contributed by atoms with Crippen LogP contribution in [-0.2, 0) is 0 Å². The van der Waals surface area contributed by atoms with Crippen molar-refractivity contribution in [3.63, 3.8) is 0 Å². The summed E-state index contributed by atoms with van der Waals surface area (Å²) in [5, 5.41) is 0.380. The van der Waals surface area contributed by atoms with Crippen LogP contribution in [0, 0.1) is 17.8 Å². The highest BCUT2D eigenvalue weighted by atomic mass is 35.5. The summed E-state index contributed by atoms with van der Waals surface area (Å²) in [6.45, 7) is 6.63. The molecule has 2 atom stereocenters. The van der Waals surface area contributed by atoms with Gasteiger partial charge in [0.1, 0.15) is 0 Å². The minimum atomic E-state index is 0.380. The molecular weight excluding hydrogens is 132 g/mol. The maximum atomic E-state index is 6.02. The van der Waals surface area contributed by atoms with Crippen LogP contribution >= 0.6 is 11.6 Å². The van der Waals surface area contributed by atoms with Gasteiger partial charge in [-0.3, -0.25) is 0 Å². The standard InChI is InChI=1S/C8H14Cl/c1-5(2)7-4-6(3)8(7)9/h5,7-8H,4H2,1-3H3. The zero-order valence-electron chi connectivity index (χ0n) is 6.32. The van der Waals surface area contributed by atoms with Gasteiger partial charge in [-0.1, -0.05) is 20.8 Å². The van der Waals surface area contributed by atoms with E-state index in [1.165, 1.54) is 12.3 Å². The van der Waals surface area contributed by atoms with Crippen molar-refractivity contribution in [1.82, 2.24) is 0 Å². The minimum Gasteiger partial charge on any atom is -0.122 e. The van der Waals surface area contributed by atoms with Crippen molar-refractivity contribution in [3.8, 4) is 0 Å². The summed E-state index contributed by atoms with van der Waals surface area (Å²) >= 11 is 6.02. The zero-order chi connectivity index (χ0) is 7.02. The third-order valence-electron chi connectivity index (χ3n) is 2.26. The van der Waals surface area contributed by atoms with Crippen molar-refractivity contribution >= 4 is 11.6 Å². The molecule has 0 aliphatic heterocycles. The van der Waals surface area contributed by atoms with E-state index in [0.29, 0.717) is 5.38 Å². The third-order valence-corrected chi connectivity index (χ3v) is 2.96. The van der Waals surface area contributed by atoms with E-state index in [1.54, 1.807) is 0 Å².